The van der Waals surface area contributed by atoms with E-state index < -0.39 is 8.07 Å². The van der Waals surface area contributed by atoms with Crippen molar-refractivity contribution in [3.8, 4) is 11.4 Å². The van der Waals surface area contributed by atoms with Crippen LogP contribution in [0, 0.1) is 0 Å². The van der Waals surface area contributed by atoms with Gasteiger partial charge in [-0.2, -0.15) is 5.10 Å². The SMILES string of the molecule is CC1(C)c2ccccc2[Si](c2cccc(-n3c4ccccc4c4ccc(-n5cccn5)cc43)c2)(c2ccccn2)c2ccccc21. The number of hydrogen-bond donors (Lipinski definition) is 0. The van der Waals surface area contributed by atoms with Crippen LogP contribution in [0.15, 0.2) is 158 Å². The van der Waals surface area contributed by atoms with E-state index in [2.05, 4.69) is 151 Å². The molecule has 1 aliphatic rings. The molecule has 0 bridgehead atoms. The van der Waals surface area contributed by atoms with Crippen molar-refractivity contribution in [3.05, 3.63) is 169 Å². The predicted octanol–water partition coefficient (Wildman–Crippen LogP) is 6.38. The van der Waals surface area contributed by atoms with Crippen LogP contribution in [0.3, 0.4) is 0 Å². The molecule has 5 aromatic carbocycles. The monoisotopic (exact) mass is 608 g/mol. The summed E-state index contributed by atoms with van der Waals surface area (Å²) in [5.74, 6) is 0. The molecule has 220 valence electrons. The lowest BCUT2D eigenvalue weighted by atomic mass is 9.77. The Morgan fingerprint density at radius 3 is 2.02 bits per heavy atom. The molecule has 0 amide bonds. The van der Waals surface area contributed by atoms with Crippen molar-refractivity contribution in [2.24, 2.45) is 0 Å². The molecule has 46 heavy (non-hydrogen) atoms. The minimum atomic E-state index is -2.84. The Labute approximate surface area is 269 Å². The molecule has 0 N–H and O–H groups in total. The van der Waals surface area contributed by atoms with Crippen LogP contribution in [0.2, 0.25) is 0 Å². The molecule has 3 aromatic heterocycles. The smallest absolute Gasteiger partial charge is 0.202 e. The second kappa shape index (κ2) is 9.99. The average Bonchev–Trinajstić information content (AvgIpc) is 3.76. The van der Waals surface area contributed by atoms with E-state index in [0.29, 0.717) is 0 Å². The van der Waals surface area contributed by atoms with E-state index >= 15 is 0 Å². The summed E-state index contributed by atoms with van der Waals surface area (Å²) < 4.78 is 4.35. The Balaban J connectivity index is 1.38. The number of para-hydroxylation sites is 1. The van der Waals surface area contributed by atoms with Crippen LogP contribution in [-0.2, 0) is 5.41 Å². The maximum Gasteiger partial charge on any atom is 0.202 e. The molecule has 0 aliphatic carbocycles. The van der Waals surface area contributed by atoms with Gasteiger partial charge in [0, 0.05) is 45.8 Å². The first-order chi connectivity index (χ1) is 22.6. The van der Waals surface area contributed by atoms with Gasteiger partial charge >= 0.3 is 0 Å². The molecule has 4 heterocycles. The van der Waals surface area contributed by atoms with Crippen LogP contribution in [0.4, 0.5) is 0 Å². The van der Waals surface area contributed by atoms with Gasteiger partial charge in [-0.15, -0.1) is 0 Å². The number of benzene rings is 5. The van der Waals surface area contributed by atoms with E-state index in [9.17, 15) is 0 Å². The van der Waals surface area contributed by atoms with Gasteiger partial charge in [0.05, 0.1) is 16.7 Å². The summed E-state index contributed by atoms with van der Waals surface area (Å²) in [5, 5.41) is 12.3. The highest BCUT2D eigenvalue weighted by atomic mass is 28.3. The number of aromatic nitrogens is 4. The van der Waals surface area contributed by atoms with E-state index in [4.69, 9.17) is 4.98 Å². The highest BCUT2D eigenvalue weighted by Crippen LogP contribution is 2.36. The van der Waals surface area contributed by atoms with Crippen molar-refractivity contribution in [1.29, 1.82) is 0 Å². The molecule has 8 aromatic rings. The molecule has 9 rings (SSSR count). The highest BCUT2D eigenvalue weighted by Gasteiger charge is 2.51. The van der Waals surface area contributed by atoms with Crippen molar-refractivity contribution >= 4 is 50.8 Å². The summed E-state index contributed by atoms with van der Waals surface area (Å²) in [6.45, 7) is 4.74. The van der Waals surface area contributed by atoms with Crippen LogP contribution in [0.1, 0.15) is 25.0 Å². The van der Waals surface area contributed by atoms with Crippen molar-refractivity contribution in [2.45, 2.75) is 19.3 Å². The zero-order valence-corrected chi connectivity index (χ0v) is 26.8. The third-order valence-corrected chi connectivity index (χ3v) is 14.8. The van der Waals surface area contributed by atoms with Crippen LogP contribution in [0.25, 0.3) is 33.2 Å². The van der Waals surface area contributed by atoms with Gasteiger partial charge in [-0.05, 0) is 75.2 Å². The lowest BCUT2D eigenvalue weighted by Crippen LogP contribution is -2.79. The number of hydrogen-bond acceptors (Lipinski definition) is 2. The standard InChI is InChI=1S/C41H32N4Si/c1-41(2)34-16-4-7-19-38(34)46(40-21-9-10-24-42-40,39-20-8-5-17-35(39)41)31-14-11-13-30(27-31)45-36-18-6-3-15-32(36)33-23-22-29(28-37(33)45)44-26-12-25-43-44/h3-28H,1-2H3. The van der Waals surface area contributed by atoms with Gasteiger partial charge in [0.1, 0.15) is 0 Å². The average molecular weight is 609 g/mol. The topological polar surface area (TPSA) is 35.6 Å². The molecule has 0 spiro atoms. The summed E-state index contributed by atoms with van der Waals surface area (Å²) >= 11 is 0. The predicted molar refractivity (Wildman–Crippen MR) is 191 cm³/mol. The molecule has 1 aliphatic heterocycles. The summed E-state index contributed by atoms with van der Waals surface area (Å²) in [7, 11) is -2.84. The number of rotatable bonds is 4. The Morgan fingerprint density at radius 1 is 0.565 bits per heavy atom. The van der Waals surface area contributed by atoms with Crippen LogP contribution >= 0.6 is 0 Å². The molecule has 0 saturated carbocycles. The molecule has 4 nitrogen and oxygen atoms in total. The van der Waals surface area contributed by atoms with E-state index in [1.165, 1.54) is 43.0 Å². The highest BCUT2D eigenvalue weighted by molar-refractivity contribution is 7.20. The van der Waals surface area contributed by atoms with E-state index in [1.807, 2.05) is 35.4 Å². The largest absolute Gasteiger partial charge is 0.309 e. The normalized spacial score (nSPS) is 14.7. The second-order valence-electron chi connectivity index (χ2n) is 12.7. The van der Waals surface area contributed by atoms with Gasteiger partial charge < -0.3 is 4.57 Å². The first kappa shape index (κ1) is 26.8. The van der Waals surface area contributed by atoms with E-state index in [1.54, 1.807) is 0 Å². The molecule has 0 fully saturated rings. The minimum Gasteiger partial charge on any atom is -0.309 e. The van der Waals surface area contributed by atoms with Crippen LogP contribution in [0.5, 0.6) is 0 Å². The maximum absolute atomic E-state index is 5.17. The van der Waals surface area contributed by atoms with Gasteiger partial charge in [-0.1, -0.05) is 105 Å². The van der Waals surface area contributed by atoms with Gasteiger partial charge in [-0.25, -0.2) is 4.68 Å². The van der Waals surface area contributed by atoms with Gasteiger partial charge in [0.2, 0.25) is 8.07 Å². The van der Waals surface area contributed by atoms with Crippen molar-refractivity contribution < 1.29 is 0 Å². The lowest BCUT2D eigenvalue weighted by molar-refractivity contribution is 0.645. The summed E-state index contributed by atoms with van der Waals surface area (Å²) in [6, 6.07) is 51.3. The summed E-state index contributed by atoms with van der Waals surface area (Å²) in [6.07, 6.45) is 5.78. The van der Waals surface area contributed by atoms with Crippen molar-refractivity contribution in [1.82, 2.24) is 19.3 Å². The summed E-state index contributed by atoms with van der Waals surface area (Å²) in [5.41, 5.74) is 7.16. The van der Waals surface area contributed by atoms with Gasteiger partial charge in [0.25, 0.3) is 0 Å². The molecular weight excluding hydrogens is 577 g/mol. The van der Waals surface area contributed by atoms with Crippen molar-refractivity contribution in [3.63, 3.8) is 0 Å². The third-order valence-electron chi connectivity index (χ3n) is 10.0. The molecule has 0 saturated heterocycles. The fourth-order valence-electron chi connectivity index (χ4n) is 8.00. The van der Waals surface area contributed by atoms with E-state index in [0.717, 1.165) is 22.2 Å². The van der Waals surface area contributed by atoms with Crippen LogP contribution < -0.4 is 20.9 Å². The van der Waals surface area contributed by atoms with Gasteiger partial charge in [-0.3, -0.25) is 4.98 Å². The Kier molecular flexibility index (Phi) is 5.83. The fourth-order valence-corrected chi connectivity index (χ4v) is 13.4. The first-order valence-corrected chi connectivity index (χ1v) is 17.8. The maximum atomic E-state index is 5.17. The Hall–Kier alpha value is -5.52. The molecule has 0 radical (unpaired) electrons. The fraction of sp³-hybridized carbons (Fsp3) is 0.0732. The summed E-state index contributed by atoms with van der Waals surface area (Å²) in [4.78, 5) is 5.17. The third kappa shape index (κ3) is 3.66. The first-order valence-electron chi connectivity index (χ1n) is 15.8. The molecule has 5 heteroatoms. The number of pyridine rings is 1. The van der Waals surface area contributed by atoms with E-state index in [-0.39, 0.29) is 5.41 Å². The minimum absolute atomic E-state index is 0.133. The number of nitrogens with zero attached hydrogens (tertiary/aromatic N) is 4. The molecule has 0 unspecified atom stereocenters. The Morgan fingerprint density at radius 2 is 1.28 bits per heavy atom. The lowest BCUT2D eigenvalue weighted by Gasteiger charge is -2.46. The number of fused-ring (bicyclic) bond motifs is 5. The Bertz CT molecular complexity index is 2350. The zero-order chi connectivity index (χ0) is 30.9. The molecular formula is C41H32N4Si. The van der Waals surface area contributed by atoms with Crippen molar-refractivity contribution in [2.75, 3.05) is 0 Å². The van der Waals surface area contributed by atoms with Gasteiger partial charge in [0.15, 0.2) is 0 Å². The quantitative estimate of drug-likeness (QED) is 0.218. The molecule has 0 atom stereocenters. The zero-order valence-electron chi connectivity index (χ0n) is 25.8. The van der Waals surface area contributed by atoms with Crippen LogP contribution in [-0.4, -0.2) is 27.4 Å². The second-order valence-corrected chi connectivity index (χ2v) is 16.4.